The van der Waals surface area contributed by atoms with Gasteiger partial charge in [0.25, 0.3) is 0 Å². The zero-order chi connectivity index (χ0) is 20.4. The van der Waals surface area contributed by atoms with Crippen LogP contribution in [0.5, 0.6) is 11.5 Å². The number of esters is 1. The Labute approximate surface area is 167 Å². The van der Waals surface area contributed by atoms with Gasteiger partial charge in [0.15, 0.2) is 0 Å². The summed E-state index contributed by atoms with van der Waals surface area (Å²) in [5.41, 5.74) is -0.568. The largest absolute Gasteiger partial charge is 0.497 e. The molecule has 0 radical (unpaired) electrons. The van der Waals surface area contributed by atoms with E-state index < -0.39 is 15.4 Å². The summed E-state index contributed by atoms with van der Waals surface area (Å²) < 4.78 is 43.7. The molecule has 7 nitrogen and oxygen atoms in total. The Morgan fingerprint density at radius 3 is 2.39 bits per heavy atom. The van der Waals surface area contributed by atoms with Crippen LogP contribution in [-0.4, -0.2) is 52.6 Å². The van der Waals surface area contributed by atoms with Crippen molar-refractivity contribution in [2.24, 2.45) is 11.3 Å². The summed E-state index contributed by atoms with van der Waals surface area (Å²) in [4.78, 5) is 12.8. The van der Waals surface area contributed by atoms with Crippen LogP contribution >= 0.6 is 0 Å². The molecule has 0 bridgehead atoms. The van der Waals surface area contributed by atoms with E-state index in [-0.39, 0.29) is 29.7 Å². The molecule has 0 amide bonds. The van der Waals surface area contributed by atoms with Gasteiger partial charge in [0, 0.05) is 19.2 Å². The van der Waals surface area contributed by atoms with Crippen LogP contribution < -0.4 is 9.47 Å². The highest BCUT2D eigenvalue weighted by Crippen LogP contribution is 2.47. The van der Waals surface area contributed by atoms with Gasteiger partial charge >= 0.3 is 5.97 Å². The van der Waals surface area contributed by atoms with Gasteiger partial charge in [-0.05, 0) is 44.2 Å². The van der Waals surface area contributed by atoms with Crippen LogP contribution in [-0.2, 0) is 19.6 Å². The van der Waals surface area contributed by atoms with Crippen molar-refractivity contribution in [3.8, 4) is 11.5 Å². The summed E-state index contributed by atoms with van der Waals surface area (Å²) in [5.74, 6) is 1.11. The molecule has 1 aliphatic heterocycles. The fourth-order valence-electron chi connectivity index (χ4n) is 3.93. The Bertz CT molecular complexity index is 810. The quantitative estimate of drug-likeness (QED) is 0.612. The molecular formula is C20H29NO6S. The molecule has 1 heterocycles. The van der Waals surface area contributed by atoms with Crippen LogP contribution in [0.15, 0.2) is 23.1 Å². The molecule has 156 valence electrons. The van der Waals surface area contributed by atoms with Crippen molar-refractivity contribution in [1.29, 1.82) is 0 Å². The minimum Gasteiger partial charge on any atom is -0.497 e. The van der Waals surface area contributed by atoms with Crippen molar-refractivity contribution in [1.82, 2.24) is 4.31 Å². The maximum Gasteiger partial charge on any atom is 0.312 e. The zero-order valence-corrected chi connectivity index (χ0v) is 17.6. The van der Waals surface area contributed by atoms with Crippen molar-refractivity contribution < 1.29 is 27.4 Å². The van der Waals surface area contributed by atoms with Crippen LogP contribution in [0.4, 0.5) is 0 Å². The smallest absolute Gasteiger partial charge is 0.312 e. The minimum atomic E-state index is -3.76. The number of sulfonamides is 1. The SMILES string of the molecule is CCOC(=O)C1(CC2CC2)CCN(S(=O)(=O)c2cc(OC)ccc2OC)CC1. The van der Waals surface area contributed by atoms with E-state index in [1.165, 1.54) is 24.6 Å². The van der Waals surface area contributed by atoms with Gasteiger partial charge in [0.1, 0.15) is 16.4 Å². The average molecular weight is 412 g/mol. The van der Waals surface area contributed by atoms with Crippen molar-refractivity contribution in [3.63, 3.8) is 0 Å². The van der Waals surface area contributed by atoms with Crippen molar-refractivity contribution in [2.45, 2.75) is 43.9 Å². The highest BCUT2D eigenvalue weighted by molar-refractivity contribution is 7.89. The first-order valence-corrected chi connectivity index (χ1v) is 11.2. The summed E-state index contributed by atoms with van der Waals surface area (Å²) >= 11 is 0. The lowest BCUT2D eigenvalue weighted by Gasteiger charge is -2.39. The maximum atomic E-state index is 13.3. The number of carbonyl (C=O) groups is 1. The van der Waals surface area contributed by atoms with Gasteiger partial charge < -0.3 is 14.2 Å². The predicted molar refractivity (Wildman–Crippen MR) is 104 cm³/mol. The molecule has 0 N–H and O–H groups in total. The summed E-state index contributed by atoms with van der Waals surface area (Å²) in [6.45, 7) is 2.72. The normalized spacial score (nSPS) is 19.8. The standard InChI is InChI=1S/C20H29NO6S/c1-4-27-19(22)20(14-15-5-6-15)9-11-21(12-10-20)28(23,24)18-13-16(25-2)7-8-17(18)26-3/h7-8,13,15H,4-6,9-12,14H2,1-3H3. The van der Waals surface area contributed by atoms with E-state index in [1.54, 1.807) is 19.1 Å². The first kappa shape index (κ1) is 20.9. The molecule has 8 heteroatoms. The Morgan fingerprint density at radius 1 is 1.18 bits per heavy atom. The Hall–Kier alpha value is -1.80. The van der Waals surface area contributed by atoms with E-state index in [9.17, 15) is 13.2 Å². The number of hydrogen-bond donors (Lipinski definition) is 0. The van der Waals surface area contributed by atoms with Gasteiger partial charge in [-0.3, -0.25) is 4.79 Å². The second-order valence-corrected chi connectivity index (χ2v) is 9.48. The van der Waals surface area contributed by atoms with E-state index in [0.29, 0.717) is 31.1 Å². The van der Waals surface area contributed by atoms with Crippen LogP contribution in [0.3, 0.4) is 0 Å². The van der Waals surface area contributed by atoms with Crippen LogP contribution in [0.25, 0.3) is 0 Å². The molecule has 28 heavy (non-hydrogen) atoms. The second-order valence-electron chi connectivity index (χ2n) is 7.57. The molecule has 1 aromatic carbocycles. The number of ether oxygens (including phenoxy) is 3. The molecule has 2 fully saturated rings. The van der Waals surface area contributed by atoms with Crippen LogP contribution in [0.1, 0.15) is 39.0 Å². The van der Waals surface area contributed by atoms with Gasteiger partial charge in [-0.2, -0.15) is 4.31 Å². The lowest BCUT2D eigenvalue weighted by Crippen LogP contribution is -2.47. The van der Waals surface area contributed by atoms with Gasteiger partial charge in [-0.25, -0.2) is 8.42 Å². The molecular weight excluding hydrogens is 382 g/mol. The second kappa shape index (κ2) is 8.29. The molecule has 0 atom stereocenters. The molecule has 2 aliphatic rings. The number of carbonyl (C=O) groups excluding carboxylic acids is 1. The van der Waals surface area contributed by atoms with Crippen LogP contribution in [0.2, 0.25) is 0 Å². The summed E-state index contributed by atoms with van der Waals surface area (Å²) in [7, 11) is -0.829. The highest BCUT2D eigenvalue weighted by atomic mass is 32.2. The summed E-state index contributed by atoms with van der Waals surface area (Å²) in [6.07, 6.45) is 4.04. The van der Waals surface area contributed by atoms with Gasteiger partial charge in [0.2, 0.25) is 10.0 Å². The Kier molecular flexibility index (Phi) is 6.19. The zero-order valence-electron chi connectivity index (χ0n) is 16.8. The summed E-state index contributed by atoms with van der Waals surface area (Å²) in [6, 6.07) is 4.73. The lowest BCUT2D eigenvalue weighted by atomic mass is 9.74. The fourth-order valence-corrected chi connectivity index (χ4v) is 5.54. The number of methoxy groups -OCH3 is 2. The molecule has 0 unspecified atom stereocenters. The molecule has 3 rings (SSSR count). The summed E-state index contributed by atoms with van der Waals surface area (Å²) in [5, 5.41) is 0. The Morgan fingerprint density at radius 2 is 1.86 bits per heavy atom. The topological polar surface area (TPSA) is 82.1 Å². The van der Waals surface area contributed by atoms with Gasteiger partial charge in [0.05, 0.1) is 26.2 Å². The van der Waals surface area contributed by atoms with Gasteiger partial charge in [-0.15, -0.1) is 0 Å². The predicted octanol–water partition coefficient (Wildman–Crippen LogP) is 2.84. The van der Waals surface area contributed by atoms with Crippen molar-refractivity contribution in [3.05, 3.63) is 18.2 Å². The van der Waals surface area contributed by atoms with E-state index in [1.807, 2.05) is 0 Å². The monoisotopic (exact) mass is 411 g/mol. The van der Waals surface area contributed by atoms with E-state index in [4.69, 9.17) is 14.2 Å². The average Bonchev–Trinajstić information content (AvgIpc) is 3.51. The number of piperidine rings is 1. The fraction of sp³-hybridized carbons (Fsp3) is 0.650. The maximum absolute atomic E-state index is 13.3. The lowest BCUT2D eigenvalue weighted by molar-refractivity contribution is -0.159. The van der Waals surface area contributed by atoms with E-state index in [0.717, 1.165) is 19.3 Å². The minimum absolute atomic E-state index is 0.0835. The molecule has 1 saturated heterocycles. The van der Waals surface area contributed by atoms with Crippen molar-refractivity contribution >= 4 is 16.0 Å². The number of rotatable bonds is 8. The third kappa shape index (κ3) is 4.12. The first-order chi connectivity index (χ1) is 13.4. The number of nitrogens with zero attached hydrogens (tertiary/aromatic N) is 1. The van der Waals surface area contributed by atoms with Crippen molar-refractivity contribution in [2.75, 3.05) is 33.9 Å². The number of hydrogen-bond acceptors (Lipinski definition) is 6. The highest BCUT2D eigenvalue weighted by Gasteiger charge is 2.48. The number of benzene rings is 1. The molecule has 1 saturated carbocycles. The molecule has 0 aromatic heterocycles. The Balaban J connectivity index is 1.82. The molecule has 0 spiro atoms. The third-order valence-corrected chi connectivity index (χ3v) is 7.67. The molecule has 1 aromatic rings. The third-order valence-electron chi connectivity index (χ3n) is 5.75. The van der Waals surface area contributed by atoms with E-state index >= 15 is 0 Å². The van der Waals surface area contributed by atoms with Crippen LogP contribution in [0, 0.1) is 11.3 Å². The van der Waals surface area contributed by atoms with Gasteiger partial charge in [-0.1, -0.05) is 12.8 Å². The first-order valence-electron chi connectivity index (χ1n) is 9.75. The molecule has 1 aliphatic carbocycles. The van der Waals surface area contributed by atoms with E-state index in [2.05, 4.69) is 0 Å².